The van der Waals surface area contributed by atoms with Crippen LogP contribution < -0.4 is 0 Å². The minimum Gasteiger partial charge on any atom is -0.379 e. The lowest BCUT2D eigenvalue weighted by atomic mass is 10.1. The molecule has 92 valence electrons. The number of nitrogens with zero attached hydrogens (tertiary/aromatic N) is 1. The third-order valence-electron chi connectivity index (χ3n) is 3.56. The molecule has 0 radical (unpaired) electrons. The first-order valence-corrected chi connectivity index (χ1v) is 7.40. The molecule has 2 aliphatic heterocycles. The van der Waals surface area contributed by atoms with E-state index in [1.807, 2.05) is 0 Å². The Hall–Kier alpha value is -0.170. The van der Waals surface area contributed by atoms with Crippen LogP contribution in [0.15, 0.2) is 0 Å². The highest BCUT2D eigenvalue weighted by Crippen LogP contribution is 2.35. The minimum absolute atomic E-state index is 0.00750. The fraction of sp³-hybridized carbons (Fsp3) is 1.00. The number of sulfonamides is 1. The lowest BCUT2D eigenvalue weighted by Crippen LogP contribution is -2.57. The summed E-state index contributed by atoms with van der Waals surface area (Å²) in [5.74, 6) is 0. The molecule has 0 aromatic heterocycles. The molecule has 0 N–H and O–H groups in total. The molecule has 0 aromatic rings. The summed E-state index contributed by atoms with van der Waals surface area (Å²) in [5, 5.41) is -0.117. The third-order valence-corrected chi connectivity index (χ3v) is 5.98. The van der Waals surface area contributed by atoms with Crippen LogP contribution in [0.3, 0.4) is 0 Å². The van der Waals surface area contributed by atoms with Crippen molar-refractivity contribution in [2.45, 2.75) is 36.7 Å². The van der Waals surface area contributed by atoms with E-state index < -0.39 is 10.0 Å². The van der Waals surface area contributed by atoms with E-state index in [4.69, 9.17) is 9.47 Å². The van der Waals surface area contributed by atoms with Gasteiger partial charge >= 0.3 is 0 Å². The molecule has 0 aromatic carbocycles. The maximum absolute atomic E-state index is 12.2. The zero-order valence-electron chi connectivity index (χ0n) is 9.17. The molecule has 1 saturated carbocycles. The molecule has 0 spiro atoms. The van der Waals surface area contributed by atoms with Crippen molar-refractivity contribution < 1.29 is 17.9 Å². The minimum atomic E-state index is -3.06. The second kappa shape index (κ2) is 3.94. The average molecular weight is 247 g/mol. The van der Waals surface area contributed by atoms with Crippen molar-refractivity contribution in [2.75, 3.05) is 26.4 Å². The highest BCUT2D eigenvalue weighted by molar-refractivity contribution is 7.90. The van der Waals surface area contributed by atoms with Crippen LogP contribution in [0.1, 0.15) is 19.3 Å². The summed E-state index contributed by atoms with van der Waals surface area (Å²) in [4.78, 5) is 0. The van der Waals surface area contributed by atoms with E-state index in [0.717, 1.165) is 19.3 Å². The number of hydrogen-bond acceptors (Lipinski definition) is 4. The Labute approximate surface area is 95.8 Å². The van der Waals surface area contributed by atoms with Gasteiger partial charge in [-0.1, -0.05) is 0 Å². The van der Waals surface area contributed by atoms with Crippen molar-refractivity contribution in [3.63, 3.8) is 0 Å². The third kappa shape index (κ3) is 1.77. The fourth-order valence-corrected chi connectivity index (χ4v) is 4.58. The summed E-state index contributed by atoms with van der Waals surface area (Å²) in [5.41, 5.74) is 0. The van der Waals surface area contributed by atoms with Crippen LogP contribution in [0.25, 0.3) is 0 Å². The van der Waals surface area contributed by atoms with Gasteiger partial charge in [0.15, 0.2) is 0 Å². The molecular formula is C10H17NO4S. The van der Waals surface area contributed by atoms with Crippen LogP contribution >= 0.6 is 0 Å². The highest BCUT2D eigenvalue weighted by atomic mass is 32.2. The standard InChI is InChI=1S/C10H17NO4S/c12-16(13,8-1-2-8)11-4-6-15-10-7-14-5-3-9(10)11/h8-10H,1-7H2/t9-,10+/m0/s1. The van der Waals surface area contributed by atoms with Crippen molar-refractivity contribution in [1.29, 1.82) is 0 Å². The molecule has 6 heteroatoms. The van der Waals surface area contributed by atoms with Crippen LogP contribution in [0.5, 0.6) is 0 Å². The Morgan fingerprint density at radius 2 is 1.94 bits per heavy atom. The van der Waals surface area contributed by atoms with Crippen LogP contribution in [-0.2, 0) is 19.5 Å². The van der Waals surface area contributed by atoms with Crippen molar-refractivity contribution in [3.05, 3.63) is 0 Å². The smallest absolute Gasteiger partial charge is 0.217 e. The SMILES string of the molecule is O=S(=O)(C1CC1)N1CCO[C@@H]2COCC[C@@H]21. The predicted octanol–water partition coefficient (Wildman–Crippen LogP) is -0.0317. The summed E-state index contributed by atoms with van der Waals surface area (Å²) >= 11 is 0. The Morgan fingerprint density at radius 3 is 2.69 bits per heavy atom. The number of rotatable bonds is 2. The van der Waals surface area contributed by atoms with Gasteiger partial charge in [0, 0.05) is 13.2 Å². The van der Waals surface area contributed by atoms with Gasteiger partial charge in [-0.2, -0.15) is 4.31 Å². The highest BCUT2D eigenvalue weighted by Gasteiger charge is 2.47. The van der Waals surface area contributed by atoms with Crippen molar-refractivity contribution in [1.82, 2.24) is 4.31 Å². The van der Waals surface area contributed by atoms with Gasteiger partial charge in [0.1, 0.15) is 0 Å². The zero-order chi connectivity index (χ0) is 11.2. The Balaban J connectivity index is 1.82. The van der Waals surface area contributed by atoms with E-state index in [1.165, 1.54) is 0 Å². The van der Waals surface area contributed by atoms with Crippen molar-refractivity contribution in [3.8, 4) is 0 Å². The number of fused-ring (bicyclic) bond motifs is 1. The molecular weight excluding hydrogens is 230 g/mol. The van der Waals surface area contributed by atoms with E-state index in [1.54, 1.807) is 4.31 Å². The lowest BCUT2D eigenvalue weighted by Gasteiger charge is -2.42. The van der Waals surface area contributed by atoms with Gasteiger partial charge in [-0.25, -0.2) is 8.42 Å². The lowest BCUT2D eigenvalue weighted by molar-refractivity contribution is -0.114. The van der Waals surface area contributed by atoms with Gasteiger partial charge in [0.2, 0.25) is 10.0 Å². The van der Waals surface area contributed by atoms with E-state index in [-0.39, 0.29) is 17.4 Å². The molecule has 2 heterocycles. The van der Waals surface area contributed by atoms with Gasteiger partial charge in [0.25, 0.3) is 0 Å². The van der Waals surface area contributed by atoms with Crippen LogP contribution in [-0.4, -0.2) is 56.5 Å². The van der Waals surface area contributed by atoms with Crippen LogP contribution in [0.2, 0.25) is 0 Å². The van der Waals surface area contributed by atoms with E-state index in [9.17, 15) is 8.42 Å². The Morgan fingerprint density at radius 1 is 1.12 bits per heavy atom. The Bertz CT molecular complexity index is 363. The molecule has 3 aliphatic rings. The van der Waals surface area contributed by atoms with E-state index in [2.05, 4.69) is 0 Å². The molecule has 0 amide bonds. The summed E-state index contributed by atoms with van der Waals surface area (Å²) in [6.07, 6.45) is 2.36. The first kappa shape index (κ1) is 11.0. The Kier molecular flexibility index (Phi) is 2.70. The second-order valence-electron chi connectivity index (χ2n) is 4.70. The van der Waals surface area contributed by atoms with Crippen LogP contribution in [0.4, 0.5) is 0 Å². The zero-order valence-corrected chi connectivity index (χ0v) is 9.99. The summed E-state index contributed by atoms with van der Waals surface area (Å²) < 4.78 is 37.1. The summed E-state index contributed by atoms with van der Waals surface area (Å²) in [6, 6.07) is 0.00750. The topological polar surface area (TPSA) is 55.8 Å². The number of hydrogen-bond donors (Lipinski definition) is 0. The maximum atomic E-state index is 12.2. The predicted molar refractivity (Wildman–Crippen MR) is 57.6 cm³/mol. The maximum Gasteiger partial charge on any atom is 0.217 e. The molecule has 5 nitrogen and oxygen atoms in total. The molecule has 2 saturated heterocycles. The van der Waals surface area contributed by atoms with Crippen molar-refractivity contribution >= 4 is 10.0 Å². The average Bonchev–Trinajstić information content (AvgIpc) is 3.12. The molecule has 1 aliphatic carbocycles. The monoisotopic (exact) mass is 247 g/mol. The first-order chi connectivity index (χ1) is 7.69. The van der Waals surface area contributed by atoms with Gasteiger partial charge in [-0.3, -0.25) is 0 Å². The normalized spacial score (nSPS) is 37.0. The number of ether oxygens (including phenoxy) is 2. The molecule has 0 unspecified atom stereocenters. The van der Waals surface area contributed by atoms with Gasteiger partial charge in [0.05, 0.1) is 30.6 Å². The van der Waals surface area contributed by atoms with Crippen LogP contribution in [0, 0.1) is 0 Å². The van der Waals surface area contributed by atoms with Crippen molar-refractivity contribution in [2.24, 2.45) is 0 Å². The quantitative estimate of drug-likeness (QED) is 0.687. The summed E-state index contributed by atoms with van der Waals surface area (Å²) in [6.45, 7) is 2.18. The van der Waals surface area contributed by atoms with E-state index in [0.29, 0.717) is 26.4 Å². The van der Waals surface area contributed by atoms with Gasteiger partial charge < -0.3 is 9.47 Å². The molecule has 2 atom stereocenters. The van der Waals surface area contributed by atoms with E-state index >= 15 is 0 Å². The van der Waals surface area contributed by atoms with Gasteiger partial charge in [-0.05, 0) is 19.3 Å². The van der Waals surface area contributed by atoms with Gasteiger partial charge in [-0.15, -0.1) is 0 Å². The fourth-order valence-electron chi connectivity index (χ4n) is 2.52. The largest absolute Gasteiger partial charge is 0.379 e. The summed E-state index contributed by atoms with van der Waals surface area (Å²) in [7, 11) is -3.06. The molecule has 0 bridgehead atoms. The molecule has 3 rings (SSSR count). The second-order valence-corrected chi connectivity index (χ2v) is 6.86. The number of morpholine rings is 1. The first-order valence-electron chi connectivity index (χ1n) is 5.89. The molecule has 16 heavy (non-hydrogen) atoms. The molecule has 3 fully saturated rings.